The zero-order chi connectivity index (χ0) is 19.4. The van der Waals surface area contributed by atoms with Crippen LogP contribution in [0, 0.1) is 0 Å². The van der Waals surface area contributed by atoms with Gasteiger partial charge in [0, 0.05) is 18.1 Å². The van der Waals surface area contributed by atoms with Crippen molar-refractivity contribution in [2.45, 2.75) is 44.2 Å². The van der Waals surface area contributed by atoms with E-state index < -0.39 is 12.1 Å². The van der Waals surface area contributed by atoms with Crippen LogP contribution in [0.1, 0.15) is 48.5 Å². The van der Waals surface area contributed by atoms with E-state index in [9.17, 15) is 9.90 Å². The highest BCUT2D eigenvalue weighted by atomic mass is 35.5. The van der Waals surface area contributed by atoms with E-state index in [0.29, 0.717) is 30.5 Å². The van der Waals surface area contributed by atoms with Gasteiger partial charge in [0.05, 0.1) is 12.1 Å². The van der Waals surface area contributed by atoms with Gasteiger partial charge in [0.1, 0.15) is 0 Å². The molecular formula is C22H28Cl2N2O2. The van der Waals surface area contributed by atoms with Crippen LogP contribution in [-0.4, -0.2) is 35.0 Å². The maximum absolute atomic E-state index is 12.7. The predicted octanol–water partition coefficient (Wildman–Crippen LogP) is 4.09. The molecule has 0 aromatic heterocycles. The zero-order valence-electron chi connectivity index (χ0n) is 16.1. The number of aliphatic hydroxyl groups excluding tert-OH is 1. The molecule has 0 aliphatic carbocycles. The van der Waals surface area contributed by atoms with Crippen molar-refractivity contribution in [2.24, 2.45) is 5.73 Å². The number of carbonyl (C=O) groups excluding carboxylic acids is 1. The number of hydrogen-bond acceptors (Lipinski definition) is 3. The number of aliphatic hydroxyl groups is 1. The monoisotopic (exact) mass is 422 g/mol. The van der Waals surface area contributed by atoms with E-state index in [0.717, 1.165) is 24.0 Å². The van der Waals surface area contributed by atoms with Gasteiger partial charge in [-0.25, -0.2) is 0 Å². The summed E-state index contributed by atoms with van der Waals surface area (Å²) in [6.45, 7) is 3.20. The number of halogens is 2. The van der Waals surface area contributed by atoms with E-state index in [2.05, 4.69) is 6.07 Å². The summed E-state index contributed by atoms with van der Waals surface area (Å²) < 4.78 is 0. The minimum absolute atomic E-state index is 0. The van der Waals surface area contributed by atoms with Crippen LogP contribution in [0.15, 0.2) is 48.5 Å². The lowest BCUT2D eigenvalue weighted by molar-refractivity contribution is -0.133. The van der Waals surface area contributed by atoms with Crippen LogP contribution in [0.4, 0.5) is 0 Å². The molecule has 0 radical (unpaired) electrons. The van der Waals surface area contributed by atoms with Gasteiger partial charge in [0.15, 0.2) is 0 Å². The SMILES string of the molecule is C[C@@H](O)c1ccccc1C1CCN(C(=O)[C@H](N)Cc2ccc(Cl)cc2)CC1.Cl. The van der Waals surface area contributed by atoms with Crippen molar-refractivity contribution in [1.82, 2.24) is 4.90 Å². The van der Waals surface area contributed by atoms with Crippen LogP contribution in [0.3, 0.4) is 0 Å². The highest BCUT2D eigenvalue weighted by Gasteiger charge is 2.28. The Balaban J connectivity index is 0.00000280. The molecule has 1 amide bonds. The fraction of sp³-hybridized carbons (Fsp3) is 0.409. The van der Waals surface area contributed by atoms with Crippen molar-refractivity contribution in [3.8, 4) is 0 Å². The molecule has 2 aromatic carbocycles. The zero-order valence-corrected chi connectivity index (χ0v) is 17.6. The lowest BCUT2D eigenvalue weighted by Crippen LogP contribution is -2.47. The third-order valence-corrected chi connectivity index (χ3v) is 5.63. The number of likely N-dealkylation sites (tertiary alicyclic amines) is 1. The van der Waals surface area contributed by atoms with Gasteiger partial charge in [-0.2, -0.15) is 0 Å². The van der Waals surface area contributed by atoms with Crippen LogP contribution < -0.4 is 5.73 Å². The van der Waals surface area contributed by atoms with Gasteiger partial charge in [-0.3, -0.25) is 4.79 Å². The molecule has 152 valence electrons. The topological polar surface area (TPSA) is 66.6 Å². The van der Waals surface area contributed by atoms with Gasteiger partial charge < -0.3 is 15.7 Å². The Morgan fingerprint density at radius 2 is 1.79 bits per heavy atom. The Morgan fingerprint density at radius 3 is 2.39 bits per heavy atom. The van der Waals surface area contributed by atoms with Crippen LogP contribution in [0.5, 0.6) is 0 Å². The van der Waals surface area contributed by atoms with E-state index in [1.54, 1.807) is 6.92 Å². The van der Waals surface area contributed by atoms with Crippen LogP contribution >= 0.6 is 24.0 Å². The lowest BCUT2D eigenvalue weighted by Gasteiger charge is -2.34. The molecule has 0 unspecified atom stereocenters. The van der Waals surface area contributed by atoms with E-state index in [1.165, 1.54) is 5.56 Å². The third kappa shape index (κ3) is 5.48. The molecule has 1 heterocycles. The molecule has 1 aliphatic heterocycles. The molecule has 1 saturated heterocycles. The van der Waals surface area contributed by atoms with Gasteiger partial charge >= 0.3 is 0 Å². The summed E-state index contributed by atoms with van der Waals surface area (Å²) in [4.78, 5) is 14.6. The molecule has 0 bridgehead atoms. The number of benzene rings is 2. The van der Waals surface area contributed by atoms with Crippen LogP contribution in [0.25, 0.3) is 0 Å². The quantitative estimate of drug-likeness (QED) is 0.761. The molecule has 6 heteroatoms. The average molecular weight is 423 g/mol. The summed E-state index contributed by atoms with van der Waals surface area (Å²) in [6, 6.07) is 15.0. The number of rotatable bonds is 5. The fourth-order valence-electron chi connectivity index (χ4n) is 3.87. The summed E-state index contributed by atoms with van der Waals surface area (Å²) in [5, 5.41) is 10.7. The summed E-state index contributed by atoms with van der Waals surface area (Å²) >= 11 is 5.91. The number of hydrogen-bond donors (Lipinski definition) is 2. The number of nitrogens with zero attached hydrogens (tertiary/aromatic N) is 1. The van der Waals surface area contributed by atoms with E-state index in [1.807, 2.05) is 47.4 Å². The number of carbonyl (C=O) groups is 1. The standard InChI is InChI=1S/C22H27ClN2O2.ClH/c1-15(26)19-4-2-3-5-20(19)17-10-12-25(13-11-17)22(27)21(24)14-16-6-8-18(23)9-7-16;/h2-9,15,17,21,26H,10-14,24H2,1H3;1H/t15-,21-;/m1./s1. The Labute approximate surface area is 178 Å². The molecule has 2 aromatic rings. The number of nitrogens with two attached hydrogens (primary N) is 1. The molecule has 0 saturated carbocycles. The summed E-state index contributed by atoms with van der Waals surface area (Å²) in [5.41, 5.74) is 9.37. The van der Waals surface area contributed by atoms with Crippen LogP contribution in [-0.2, 0) is 11.2 Å². The minimum atomic E-state index is -0.535. The van der Waals surface area contributed by atoms with Crippen molar-refractivity contribution < 1.29 is 9.90 Å². The van der Waals surface area contributed by atoms with Crippen molar-refractivity contribution in [2.75, 3.05) is 13.1 Å². The van der Waals surface area contributed by atoms with E-state index in [4.69, 9.17) is 17.3 Å². The lowest BCUT2D eigenvalue weighted by atomic mass is 9.85. The number of piperidine rings is 1. The largest absolute Gasteiger partial charge is 0.389 e. The molecule has 3 N–H and O–H groups in total. The maximum Gasteiger partial charge on any atom is 0.239 e. The Kier molecular flexibility index (Phi) is 8.32. The van der Waals surface area contributed by atoms with Gasteiger partial charge in [-0.05, 0) is 60.9 Å². The third-order valence-electron chi connectivity index (χ3n) is 5.38. The summed E-state index contributed by atoms with van der Waals surface area (Å²) in [6.07, 6.45) is 1.82. The van der Waals surface area contributed by atoms with Crippen LogP contribution in [0.2, 0.25) is 5.02 Å². The molecule has 1 fully saturated rings. The first-order valence-electron chi connectivity index (χ1n) is 9.51. The highest BCUT2D eigenvalue weighted by molar-refractivity contribution is 6.30. The second-order valence-corrected chi connectivity index (χ2v) is 7.78. The summed E-state index contributed by atoms with van der Waals surface area (Å²) in [7, 11) is 0. The molecule has 3 rings (SSSR count). The number of amides is 1. The van der Waals surface area contributed by atoms with Crippen molar-refractivity contribution in [1.29, 1.82) is 0 Å². The smallest absolute Gasteiger partial charge is 0.239 e. The Morgan fingerprint density at radius 1 is 1.18 bits per heavy atom. The second-order valence-electron chi connectivity index (χ2n) is 7.34. The molecular weight excluding hydrogens is 395 g/mol. The highest BCUT2D eigenvalue weighted by Crippen LogP contribution is 2.33. The molecule has 4 nitrogen and oxygen atoms in total. The first-order valence-corrected chi connectivity index (χ1v) is 9.89. The molecule has 2 atom stereocenters. The van der Waals surface area contributed by atoms with E-state index in [-0.39, 0.29) is 18.3 Å². The van der Waals surface area contributed by atoms with Crippen molar-refractivity contribution >= 4 is 29.9 Å². The molecule has 1 aliphatic rings. The maximum atomic E-state index is 12.7. The van der Waals surface area contributed by atoms with Crippen molar-refractivity contribution in [3.63, 3.8) is 0 Å². The average Bonchev–Trinajstić information content (AvgIpc) is 2.69. The van der Waals surface area contributed by atoms with Gasteiger partial charge in [-0.15, -0.1) is 12.4 Å². The Hall–Kier alpha value is -1.59. The van der Waals surface area contributed by atoms with Gasteiger partial charge in [0.25, 0.3) is 0 Å². The second kappa shape index (κ2) is 10.3. The van der Waals surface area contributed by atoms with Gasteiger partial charge in [0.2, 0.25) is 5.91 Å². The van der Waals surface area contributed by atoms with E-state index >= 15 is 0 Å². The predicted molar refractivity (Wildman–Crippen MR) is 116 cm³/mol. The normalized spacial score (nSPS) is 16.9. The first-order chi connectivity index (χ1) is 13.0. The van der Waals surface area contributed by atoms with Crippen molar-refractivity contribution in [3.05, 3.63) is 70.2 Å². The molecule has 28 heavy (non-hydrogen) atoms. The fourth-order valence-corrected chi connectivity index (χ4v) is 4.00. The molecule has 0 spiro atoms. The summed E-state index contributed by atoms with van der Waals surface area (Å²) in [5.74, 6) is 0.375. The first kappa shape index (κ1) is 22.7. The Bertz CT molecular complexity index is 772. The van der Waals surface area contributed by atoms with Gasteiger partial charge in [-0.1, -0.05) is 48.0 Å². The minimum Gasteiger partial charge on any atom is -0.389 e.